The molecule has 1 fully saturated rings. The smallest absolute Gasteiger partial charge is 0.255 e. The van der Waals surface area contributed by atoms with Crippen LogP contribution in [0.1, 0.15) is 41.6 Å². The highest BCUT2D eigenvalue weighted by molar-refractivity contribution is 7.92. The van der Waals surface area contributed by atoms with Gasteiger partial charge in [-0.3, -0.25) is 9.10 Å². The molecule has 4 rings (SSSR count). The lowest BCUT2D eigenvalue weighted by Gasteiger charge is -2.26. The molecule has 1 amide bonds. The molecule has 7 nitrogen and oxygen atoms in total. The largest absolute Gasteiger partial charge is 0.455 e. The number of halogens is 1. The Morgan fingerprint density at radius 3 is 2.49 bits per heavy atom. The SMILES string of the molecule is C/C=C(\COC)CN(c1cc2oc(-c3ccc(F)cc3)c(C(=O)NC)c2cc1C1CC1)S(C)(=O)=O. The van der Waals surface area contributed by atoms with Gasteiger partial charge in [0.1, 0.15) is 17.2 Å². The van der Waals surface area contributed by atoms with Crippen molar-refractivity contribution in [2.75, 3.05) is 37.9 Å². The van der Waals surface area contributed by atoms with E-state index in [-0.39, 0.29) is 18.4 Å². The number of carbonyl (C=O) groups excluding carboxylic acids is 1. The molecule has 1 N–H and O–H groups in total. The molecule has 35 heavy (non-hydrogen) atoms. The average molecular weight is 501 g/mol. The van der Waals surface area contributed by atoms with E-state index in [4.69, 9.17) is 9.15 Å². The summed E-state index contributed by atoms with van der Waals surface area (Å²) in [5, 5.41) is 3.24. The lowest BCUT2D eigenvalue weighted by Crippen LogP contribution is -2.33. The summed E-state index contributed by atoms with van der Waals surface area (Å²) in [4.78, 5) is 12.9. The van der Waals surface area contributed by atoms with Crippen LogP contribution in [0, 0.1) is 5.82 Å². The predicted octanol–water partition coefficient (Wildman–Crippen LogP) is 4.83. The van der Waals surface area contributed by atoms with Gasteiger partial charge in [0, 0.05) is 31.2 Å². The summed E-state index contributed by atoms with van der Waals surface area (Å²) in [5.41, 5.74) is 3.46. The maximum atomic E-state index is 13.5. The molecule has 0 aliphatic heterocycles. The molecule has 1 heterocycles. The van der Waals surface area contributed by atoms with Gasteiger partial charge >= 0.3 is 0 Å². The van der Waals surface area contributed by atoms with Gasteiger partial charge in [0.2, 0.25) is 10.0 Å². The number of benzene rings is 2. The summed E-state index contributed by atoms with van der Waals surface area (Å²) >= 11 is 0. The van der Waals surface area contributed by atoms with Gasteiger partial charge in [0.05, 0.1) is 30.7 Å². The second-order valence-corrected chi connectivity index (χ2v) is 10.6. The maximum absolute atomic E-state index is 13.5. The van der Waals surface area contributed by atoms with Crippen molar-refractivity contribution in [1.82, 2.24) is 5.32 Å². The first-order chi connectivity index (χ1) is 16.7. The standard InChI is InChI=1S/C26H29FN2O5S/c1-5-16(15-33-3)14-29(35(4,31)32)22-13-23-21(12-20(22)17-6-7-17)24(26(30)28-2)25(34-23)18-8-10-19(27)11-9-18/h5,8-13,17H,6-7,14-15H2,1-4H3,(H,28,30)/b16-5-. The van der Waals surface area contributed by atoms with E-state index in [1.807, 2.05) is 19.1 Å². The Balaban J connectivity index is 1.96. The lowest BCUT2D eigenvalue weighted by molar-refractivity contribution is 0.0964. The van der Waals surface area contributed by atoms with E-state index >= 15 is 0 Å². The highest BCUT2D eigenvalue weighted by Gasteiger charge is 2.33. The third-order valence-corrected chi connectivity index (χ3v) is 7.30. The third kappa shape index (κ3) is 5.11. The van der Waals surface area contributed by atoms with Crippen LogP contribution in [-0.2, 0) is 14.8 Å². The first kappa shape index (κ1) is 24.9. The number of nitrogens with one attached hydrogen (secondary N) is 1. The van der Waals surface area contributed by atoms with Gasteiger partial charge in [-0.05, 0) is 67.2 Å². The number of furan rings is 1. The van der Waals surface area contributed by atoms with Crippen LogP contribution in [0.5, 0.6) is 0 Å². The third-order valence-electron chi connectivity index (χ3n) is 6.17. The van der Waals surface area contributed by atoms with Crippen LogP contribution in [-0.4, -0.2) is 47.9 Å². The molecule has 186 valence electrons. The van der Waals surface area contributed by atoms with Crippen LogP contribution in [0.3, 0.4) is 0 Å². The molecule has 9 heteroatoms. The molecule has 1 aliphatic carbocycles. The van der Waals surface area contributed by atoms with Crippen LogP contribution in [0.2, 0.25) is 0 Å². The molecule has 0 spiro atoms. The van der Waals surface area contributed by atoms with Crippen LogP contribution in [0.15, 0.2) is 52.5 Å². The topological polar surface area (TPSA) is 88.8 Å². The van der Waals surface area contributed by atoms with Crippen LogP contribution >= 0.6 is 0 Å². The van der Waals surface area contributed by atoms with E-state index in [0.29, 0.717) is 40.2 Å². The molecule has 0 radical (unpaired) electrons. The Morgan fingerprint density at radius 2 is 1.94 bits per heavy atom. The summed E-state index contributed by atoms with van der Waals surface area (Å²) in [6.45, 7) is 2.29. The van der Waals surface area contributed by atoms with Gasteiger partial charge in [-0.2, -0.15) is 0 Å². The van der Waals surface area contributed by atoms with Crippen LogP contribution in [0.4, 0.5) is 10.1 Å². The van der Waals surface area contributed by atoms with E-state index in [2.05, 4.69) is 5.32 Å². The first-order valence-corrected chi connectivity index (χ1v) is 13.2. The molecule has 1 aromatic heterocycles. The average Bonchev–Trinajstić information content (AvgIpc) is 3.60. The number of methoxy groups -OCH3 is 1. The Kier molecular flexibility index (Phi) is 7.00. The minimum atomic E-state index is -3.65. The Labute approximate surface area is 204 Å². The number of hydrogen-bond donors (Lipinski definition) is 1. The van der Waals surface area contributed by atoms with Gasteiger partial charge < -0.3 is 14.5 Å². The number of fused-ring (bicyclic) bond motifs is 1. The predicted molar refractivity (Wildman–Crippen MR) is 135 cm³/mol. The zero-order valence-electron chi connectivity index (χ0n) is 20.2. The number of nitrogens with zero attached hydrogens (tertiary/aromatic N) is 1. The van der Waals surface area contributed by atoms with Crippen molar-refractivity contribution in [3.05, 3.63) is 65.0 Å². The molecular formula is C26H29FN2O5S. The number of ether oxygens (including phenoxy) is 1. The zero-order chi connectivity index (χ0) is 25.3. The second-order valence-electron chi connectivity index (χ2n) is 8.72. The number of rotatable bonds is 9. The molecule has 0 unspecified atom stereocenters. The fourth-order valence-corrected chi connectivity index (χ4v) is 5.13. The zero-order valence-corrected chi connectivity index (χ0v) is 21.0. The van der Waals surface area contributed by atoms with E-state index < -0.39 is 15.8 Å². The van der Waals surface area contributed by atoms with Gasteiger partial charge in [-0.1, -0.05) is 6.08 Å². The highest BCUT2D eigenvalue weighted by Crippen LogP contribution is 2.48. The maximum Gasteiger partial charge on any atom is 0.255 e. The fraction of sp³-hybridized carbons (Fsp3) is 0.346. The molecule has 1 saturated carbocycles. The number of hydrogen-bond acceptors (Lipinski definition) is 5. The van der Waals surface area contributed by atoms with Crippen molar-refractivity contribution >= 4 is 32.6 Å². The van der Waals surface area contributed by atoms with Crippen molar-refractivity contribution in [3.63, 3.8) is 0 Å². The number of anilines is 1. The van der Waals surface area contributed by atoms with Gasteiger partial charge in [-0.25, -0.2) is 12.8 Å². The van der Waals surface area contributed by atoms with E-state index in [1.54, 1.807) is 25.3 Å². The van der Waals surface area contributed by atoms with Crippen molar-refractivity contribution in [3.8, 4) is 11.3 Å². The van der Waals surface area contributed by atoms with E-state index in [9.17, 15) is 17.6 Å². The number of carbonyl (C=O) groups is 1. The summed E-state index contributed by atoms with van der Waals surface area (Å²) in [6.07, 6.45) is 4.89. The number of sulfonamides is 1. The van der Waals surface area contributed by atoms with E-state index in [0.717, 1.165) is 24.0 Å². The molecule has 0 bridgehead atoms. The normalized spacial score (nSPS) is 14.4. The highest BCUT2D eigenvalue weighted by atomic mass is 32.2. The molecular weight excluding hydrogens is 471 g/mol. The van der Waals surface area contributed by atoms with Crippen molar-refractivity contribution in [1.29, 1.82) is 0 Å². The summed E-state index contributed by atoms with van der Waals surface area (Å²) in [7, 11) is -0.546. The fourth-order valence-electron chi connectivity index (χ4n) is 4.21. The lowest BCUT2D eigenvalue weighted by atomic mass is 10.00. The van der Waals surface area contributed by atoms with Crippen LogP contribution in [0.25, 0.3) is 22.3 Å². The first-order valence-electron chi connectivity index (χ1n) is 11.4. The van der Waals surface area contributed by atoms with Crippen LogP contribution < -0.4 is 9.62 Å². The van der Waals surface area contributed by atoms with Gasteiger partial charge in [-0.15, -0.1) is 0 Å². The Bertz CT molecular complexity index is 1390. The van der Waals surface area contributed by atoms with Gasteiger partial charge in [0.25, 0.3) is 5.91 Å². The second kappa shape index (κ2) is 9.83. The quantitative estimate of drug-likeness (QED) is 0.425. The number of amides is 1. The van der Waals surface area contributed by atoms with Crippen molar-refractivity contribution in [2.24, 2.45) is 0 Å². The van der Waals surface area contributed by atoms with E-state index in [1.165, 1.54) is 29.7 Å². The summed E-state index contributed by atoms with van der Waals surface area (Å²) in [6, 6.07) is 9.27. The molecule has 3 aromatic rings. The Hall–Kier alpha value is -3.17. The minimum absolute atomic E-state index is 0.141. The summed E-state index contributed by atoms with van der Waals surface area (Å²) in [5.74, 6) is -0.243. The molecule has 0 saturated heterocycles. The summed E-state index contributed by atoms with van der Waals surface area (Å²) < 4.78 is 52.1. The Morgan fingerprint density at radius 1 is 1.26 bits per heavy atom. The number of allylic oxidation sites excluding steroid dienone is 1. The molecule has 0 atom stereocenters. The minimum Gasteiger partial charge on any atom is -0.455 e. The molecule has 1 aliphatic rings. The van der Waals surface area contributed by atoms with Crippen molar-refractivity contribution < 1.29 is 26.8 Å². The molecule has 2 aromatic carbocycles. The monoisotopic (exact) mass is 500 g/mol. The van der Waals surface area contributed by atoms with Crippen molar-refractivity contribution in [2.45, 2.75) is 25.7 Å². The van der Waals surface area contributed by atoms with Gasteiger partial charge in [0.15, 0.2) is 0 Å².